The monoisotopic (exact) mass is 641 g/mol. The number of pyridine rings is 1. The summed E-state index contributed by atoms with van der Waals surface area (Å²) in [5.41, 5.74) is 1.09. The molecule has 2 unspecified atom stereocenters. The number of primary sulfonamides is 1. The number of carbonyl (C=O) groups excluding carboxylic acids is 2. The molecule has 246 valence electrons. The van der Waals surface area contributed by atoms with E-state index in [1.54, 1.807) is 17.0 Å². The van der Waals surface area contributed by atoms with Crippen molar-refractivity contribution < 1.29 is 27.5 Å². The normalized spacial score (nSPS) is 19.6. The maximum Gasteiger partial charge on any atom is 0.410 e. The third kappa shape index (κ3) is 9.92. The van der Waals surface area contributed by atoms with Gasteiger partial charge in [-0.1, -0.05) is 42.5 Å². The van der Waals surface area contributed by atoms with E-state index in [0.29, 0.717) is 31.9 Å². The van der Waals surface area contributed by atoms with Gasteiger partial charge in [0.15, 0.2) is 5.03 Å². The van der Waals surface area contributed by atoms with Gasteiger partial charge in [-0.25, -0.2) is 28.1 Å². The van der Waals surface area contributed by atoms with Crippen molar-refractivity contribution in [2.75, 3.05) is 25.0 Å². The molecule has 1 saturated heterocycles. The van der Waals surface area contributed by atoms with Crippen LogP contribution >= 0.6 is 0 Å². The van der Waals surface area contributed by atoms with Gasteiger partial charge in [0, 0.05) is 31.2 Å². The highest BCUT2D eigenvalue weighted by atomic mass is 32.2. The van der Waals surface area contributed by atoms with Crippen molar-refractivity contribution >= 4 is 28.0 Å². The molecule has 2 aliphatic heterocycles. The maximum atomic E-state index is 13.1. The highest BCUT2D eigenvalue weighted by Gasteiger charge is 2.38. The van der Waals surface area contributed by atoms with E-state index in [0.717, 1.165) is 36.8 Å². The molecule has 3 heterocycles. The first kappa shape index (κ1) is 34.2. The number of hydrogen-bond donors (Lipinski definition) is 2. The van der Waals surface area contributed by atoms with Crippen molar-refractivity contribution in [3.63, 3.8) is 0 Å². The molecule has 0 radical (unpaired) electrons. The molecule has 12 heteroatoms. The Labute approximate surface area is 267 Å². The number of aromatic nitrogens is 1. The lowest BCUT2D eigenvalue weighted by atomic mass is 9.85. The standard InChI is InChI=1S/C33H47N5O6S/c1-32(2,3)44-31(40)38-21-15-24(14-18-33(38,4)5)22-27(35-28-12-9-13-29(36-28)45(34,41)42)26-16-19-37(20-17-26)30(39)43-23-25-10-7-6-8-11-25/h6-13,16,24,27H,14-15,17-23H2,1-5H3,(H,35,36)(H2,34,41,42). The number of carbonyl (C=O) groups is 2. The molecular weight excluding hydrogens is 594 g/mol. The van der Waals surface area contributed by atoms with E-state index in [-0.39, 0.29) is 41.3 Å². The van der Waals surface area contributed by atoms with Gasteiger partial charge in [0.1, 0.15) is 18.0 Å². The third-order valence-corrected chi connectivity index (χ3v) is 9.14. The lowest BCUT2D eigenvalue weighted by molar-refractivity contribution is 0.00391. The van der Waals surface area contributed by atoms with E-state index in [4.69, 9.17) is 14.6 Å². The number of ether oxygens (including phenoxy) is 2. The molecule has 1 aromatic carbocycles. The Morgan fingerprint density at radius 3 is 2.44 bits per heavy atom. The molecule has 1 aromatic heterocycles. The summed E-state index contributed by atoms with van der Waals surface area (Å²) < 4.78 is 35.2. The number of benzene rings is 1. The largest absolute Gasteiger partial charge is 0.445 e. The fourth-order valence-corrected chi connectivity index (χ4v) is 6.28. The van der Waals surface area contributed by atoms with Crippen LogP contribution in [0.3, 0.4) is 0 Å². The quantitative estimate of drug-likeness (QED) is 0.350. The van der Waals surface area contributed by atoms with E-state index in [1.165, 1.54) is 6.07 Å². The van der Waals surface area contributed by atoms with Crippen LogP contribution in [0.5, 0.6) is 0 Å². The fraction of sp³-hybridized carbons (Fsp3) is 0.545. The van der Waals surface area contributed by atoms with Gasteiger partial charge < -0.3 is 24.6 Å². The molecule has 1 fully saturated rings. The first-order valence-electron chi connectivity index (χ1n) is 15.5. The summed E-state index contributed by atoms with van der Waals surface area (Å²) in [5, 5.41) is 8.61. The zero-order valence-corrected chi connectivity index (χ0v) is 27.8. The minimum Gasteiger partial charge on any atom is -0.445 e. The number of rotatable bonds is 8. The van der Waals surface area contributed by atoms with Gasteiger partial charge in [-0.2, -0.15) is 0 Å². The number of nitrogens with one attached hydrogen (secondary N) is 1. The van der Waals surface area contributed by atoms with Crippen LogP contribution in [-0.2, 0) is 26.1 Å². The van der Waals surface area contributed by atoms with Crippen LogP contribution in [0.1, 0.15) is 72.3 Å². The Hall–Kier alpha value is -3.64. The van der Waals surface area contributed by atoms with Crippen LogP contribution in [0, 0.1) is 5.92 Å². The predicted molar refractivity (Wildman–Crippen MR) is 173 cm³/mol. The van der Waals surface area contributed by atoms with Crippen LogP contribution in [0.4, 0.5) is 15.4 Å². The minimum absolute atomic E-state index is 0.170. The second-order valence-corrected chi connectivity index (χ2v) is 15.0. The molecule has 2 atom stereocenters. The van der Waals surface area contributed by atoms with Crippen molar-refractivity contribution in [1.29, 1.82) is 0 Å². The molecule has 0 aliphatic carbocycles. The second kappa shape index (κ2) is 14.2. The molecule has 0 saturated carbocycles. The highest BCUT2D eigenvalue weighted by molar-refractivity contribution is 7.89. The minimum atomic E-state index is -3.97. The lowest BCUT2D eigenvalue weighted by Gasteiger charge is -2.38. The molecule has 11 nitrogen and oxygen atoms in total. The SMILES string of the molecule is CC(C)(C)OC(=O)N1CCC(CC(Nc2cccc(S(N)(=O)=O)n2)C2=CCN(C(=O)OCc3ccccc3)CC2)CCC1(C)C. The summed E-state index contributed by atoms with van der Waals surface area (Å²) in [6.07, 6.45) is 5.23. The van der Waals surface area contributed by atoms with Gasteiger partial charge in [-0.15, -0.1) is 0 Å². The average Bonchev–Trinajstić information content (AvgIpc) is 3.12. The van der Waals surface area contributed by atoms with E-state index in [2.05, 4.69) is 24.1 Å². The molecular formula is C33H47N5O6S. The zero-order chi connectivity index (χ0) is 32.8. The van der Waals surface area contributed by atoms with E-state index in [9.17, 15) is 18.0 Å². The van der Waals surface area contributed by atoms with Crippen LogP contribution in [0.25, 0.3) is 0 Å². The molecule has 2 aliphatic rings. The summed E-state index contributed by atoms with van der Waals surface area (Å²) in [6.45, 7) is 11.4. The highest BCUT2D eigenvalue weighted by Crippen LogP contribution is 2.35. The Bertz CT molecular complexity index is 1470. The van der Waals surface area contributed by atoms with Crippen molar-refractivity contribution in [1.82, 2.24) is 14.8 Å². The maximum absolute atomic E-state index is 13.1. The zero-order valence-electron chi connectivity index (χ0n) is 27.0. The Morgan fingerprint density at radius 2 is 1.80 bits per heavy atom. The van der Waals surface area contributed by atoms with Gasteiger partial charge in [0.2, 0.25) is 0 Å². The number of nitrogens with zero attached hydrogens (tertiary/aromatic N) is 3. The van der Waals surface area contributed by atoms with Gasteiger partial charge in [-0.3, -0.25) is 0 Å². The predicted octanol–water partition coefficient (Wildman–Crippen LogP) is 5.68. The summed E-state index contributed by atoms with van der Waals surface area (Å²) in [7, 11) is -3.97. The molecule has 4 rings (SSSR count). The van der Waals surface area contributed by atoms with Gasteiger partial charge in [-0.05, 0) is 95.9 Å². The topological polar surface area (TPSA) is 144 Å². The molecule has 2 amide bonds. The summed E-state index contributed by atoms with van der Waals surface area (Å²) in [4.78, 5) is 33.7. The number of anilines is 1. The van der Waals surface area contributed by atoms with Gasteiger partial charge in [0.05, 0.1) is 0 Å². The molecule has 0 bridgehead atoms. The Kier molecular flexibility index (Phi) is 10.8. The Morgan fingerprint density at radius 1 is 1.07 bits per heavy atom. The Balaban J connectivity index is 1.49. The van der Waals surface area contributed by atoms with Gasteiger partial charge in [0.25, 0.3) is 10.0 Å². The molecule has 2 aromatic rings. The van der Waals surface area contributed by atoms with E-state index >= 15 is 0 Å². The smallest absolute Gasteiger partial charge is 0.410 e. The van der Waals surface area contributed by atoms with Crippen LogP contribution in [0.2, 0.25) is 0 Å². The summed E-state index contributed by atoms with van der Waals surface area (Å²) in [5.74, 6) is 0.673. The molecule has 0 spiro atoms. The number of amides is 2. The number of hydrogen-bond acceptors (Lipinski definition) is 8. The number of sulfonamides is 1. The van der Waals surface area contributed by atoms with Crippen LogP contribution in [-0.4, -0.2) is 72.2 Å². The lowest BCUT2D eigenvalue weighted by Crippen LogP contribution is -2.49. The fourth-order valence-electron chi connectivity index (χ4n) is 5.79. The summed E-state index contributed by atoms with van der Waals surface area (Å²) >= 11 is 0. The van der Waals surface area contributed by atoms with E-state index in [1.807, 2.05) is 62.1 Å². The van der Waals surface area contributed by atoms with Crippen LogP contribution in [0.15, 0.2) is 65.2 Å². The van der Waals surface area contributed by atoms with Crippen LogP contribution < -0.4 is 10.5 Å². The van der Waals surface area contributed by atoms with Crippen molar-refractivity contribution in [2.45, 2.75) is 95.5 Å². The summed E-state index contributed by atoms with van der Waals surface area (Å²) in [6, 6.07) is 14.1. The number of likely N-dealkylation sites (tertiary alicyclic amines) is 1. The molecule has 45 heavy (non-hydrogen) atoms. The third-order valence-electron chi connectivity index (χ3n) is 8.33. The van der Waals surface area contributed by atoms with Crippen molar-refractivity contribution in [3.8, 4) is 0 Å². The molecule has 3 N–H and O–H groups in total. The van der Waals surface area contributed by atoms with Crippen molar-refractivity contribution in [3.05, 3.63) is 65.7 Å². The first-order chi connectivity index (χ1) is 21.1. The van der Waals surface area contributed by atoms with E-state index < -0.39 is 15.6 Å². The second-order valence-electron chi connectivity index (χ2n) is 13.5. The number of nitrogens with two attached hydrogens (primary N) is 1. The van der Waals surface area contributed by atoms with Gasteiger partial charge >= 0.3 is 12.2 Å². The average molecular weight is 642 g/mol. The van der Waals surface area contributed by atoms with Crippen molar-refractivity contribution in [2.24, 2.45) is 11.1 Å². The first-order valence-corrected chi connectivity index (χ1v) is 17.1.